The average molecular weight is 293 g/mol. The fourth-order valence-electron chi connectivity index (χ4n) is 3.47. The summed E-state index contributed by atoms with van der Waals surface area (Å²) in [5, 5.41) is 9.51. The number of carbonyl (C=O) groups excluding carboxylic acids is 1. The van der Waals surface area contributed by atoms with E-state index in [2.05, 4.69) is 9.97 Å². The van der Waals surface area contributed by atoms with Crippen LogP contribution in [0.5, 0.6) is 0 Å². The van der Waals surface area contributed by atoms with E-state index in [9.17, 15) is 14.7 Å². The summed E-state index contributed by atoms with van der Waals surface area (Å²) in [6.07, 6.45) is 2.86. The van der Waals surface area contributed by atoms with Gasteiger partial charge in [-0.05, 0) is 19.8 Å². The van der Waals surface area contributed by atoms with Gasteiger partial charge in [0.15, 0.2) is 0 Å². The zero-order valence-corrected chi connectivity index (χ0v) is 12.0. The van der Waals surface area contributed by atoms with E-state index in [1.807, 2.05) is 0 Å². The van der Waals surface area contributed by atoms with Crippen molar-refractivity contribution >= 4 is 11.9 Å². The molecule has 1 atom stereocenters. The van der Waals surface area contributed by atoms with Gasteiger partial charge in [0.1, 0.15) is 5.69 Å². The zero-order chi connectivity index (χ0) is 15.0. The zero-order valence-electron chi connectivity index (χ0n) is 12.0. The molecule has 0 aliphatic carbocycles. The predicted octanol–water partition coefficient (Wildman–Crippen LogP) is 0.672. The van der Waals surface area contributed by atoms with Crippen LogP contribution in [0.25, 0.3) is 0 Å². The third-order valence-electron chi connectivity index (χ3n) is 4.75. The number of nitrogens with one attached hydrogen (secondary N) is 1. The Hall–Kier alpha value is -1.89. The number of nitrogens with zero attached hydrogens (tertiary/aromatic N) is 2. The number of hydrogen-bond donors (Lipinski definition) is 2. The normalized spacial score (nSPS) is 24.4. The smallest absolute Gasteiger partial charge is 0.308 e. The molecule has 1 amide bonds. The van der Waals surface area contributed by atoms with Crippen molar-refractivity contribution in [3.05, 3.63) is 17.7 Å². The highest BCUT2D eigenvalue weighted by Crippen LogP contribution is 2.44. The Labute approximate surface area is 122 Å². The molecule has 7 nitrogen and oxygen atoms in total. The summed E-state index contributed by atoms with van der Waals surface area (Å²) in [6.45, 7) is 3.63. The van der Waals surface area contributed by atoms with Crippen LogP contribution >= 0.6 is 0 Å². The van der Waals surface area contributed by atoms with E-state index in [0.29, 0.717) is 44.0 Å². The Balaban J connectivity index is 1.85. The van der Waals surface area contributed by atoms with Gasteiger partial charge < -0.3 is 19.7 Å². The molecule has 3 heterocycles. The number of carbonyl (C=O) groups is 2. The minimum Gasteiger partial charge on any atom is -0.481 e. The van der Waals surface area contributed by atoms with Crippen LogP contribution in [0.3, 0.4) is 0 Å². The minimum atomic E-state index is -0.828. The van der Waals surface area contributed by atoms with Crippen LogP contribution in [0.15, 0.2) is 6.33 Å². The maximum absolute atomic E-state index is 12.5. The standard InChI is InChI=1S/C14H19N3O4/c1-9-11(16-8-15-9)12(18)17-6-10(13(19)20)14(7-17)2-4-21-5-3-14/h8,10H,2-7H2,1H3,(H,15,16)(H,19,20). The summed E-state index contributed by atoms with van der Waals surface area (Å²) in [4.78, 5) is 32.7. The SMILES string of the molecule is Cc1[nH]cnc1C(=O)N1CC(C(=O)O)C2(CCOCC2)C1. The van der Waals surface area contributed by atoms with Crippen molar-refractivity contribution in [3.63, 3.8) is 0 Å². The van der Waals surface area contributed by atoms with E-state index < -0.39 is 11.9 Å². The molecule has 2 saturated heterocycles. The van der Waals surface area contributed by atoms with Crippen molar-refractivity contribution in [2.45, 2.75) is 19.8 Å². The molecule has 3 rings (SSSR count). The maximum Gasteiger partial charge on any atom is 0.308 e. The number of amides is 1. The number of carboxylic acids is 1. The molecule has 0 radical (unpaired) electrons. The largest absolute Gasteiger partial charge is 0.481 e. The molecule has 0 bridgehead atoms. The summed E-state index contributed by atoms with van der Waals surface area (Å²) >= 11 is 0. The molecular weight excluding hydrogens is 274 g/mol. The molecule has 114 valence electrons. The Morgan fingerprint density at radius 2 is 2.19 bits per heavy atom. The van der Waals surface area contributed by atoms with Gasteiger partial charge in [0.2, 0.25) is 0 Å². The lowest BCUT2D eigenvalue weighted by atomic mass is 9.72. The van der Waals surface area contributed by atoms with Crippen LogP contribution in [-0.2, 0) is 9.53 Å². The molecule has 0 aromatic carbocycles. The predicted molar refractivity (Wildman–Crippen MR) is 72.8 cm³/mol. The third-order valence-corrected chi connectivity index (χ3v) is 4.75. The molecule has 1 unspecified atom stereocenters. The monoisotopic (exact) mass is 293 g/mol. The van der Waals surface area contributed by atoms with E-state index >= 15 is 0 Å². The first-order chi connectivity index (χ1) is 10.0. The number of likely N-dealkylation sites (tertiary alicyclic amines) is 1. The molecule has 1 aromatic rings. The molecule has 21 heavy (non-hydrogen) atoms. The molecule has 2 fully saturated rings. The van der Waals surface area contributed by atoms with E-state index in [1.54, 1.807) is 11.8 Å². The van der Waals surface area contributed by atoms with Crippen LogP contribution in [0, 0.1) is 18.3 Å². The molecule has 7 heteroatoms. The van der Waals surface area contributed by atoms with Crippen molar-refractivity contribution in [1.82, 2.24) is 14.9 Å². The van der Waals surface area contributed by atoms with Crippen molar-refractivity contribution in [3.8, 4) is 0 Å². The molecular formula is C14H19N3O4. The van der Waals surface area contributed by atoms with E-state index in [-0.39, 0.29) is 17.9 Å². The highest BCUT2D eigenvalue weighted by molar-refractivity contribution is 5.94. The maximum atomic E-state index is 12.5. The summed E-state index contributed by atoms with van der Waals surface area (Å²) in [5.74, 6) is -1.54. The Bertz CT molecular complexity index is 562. The van der Waals surface area contributed by atoms with Gasteiger partial charge in [-0.2, -0.15) is 0 Å². The average Bonchev–Trinajstić information content (AvgIpc) is 3.03. The lowest BCUT2D eigenvalue weighted by molar-refractivity contribution is -0.146. The first-order valence-electron chi connectivity index (χ1n) is 7.13. The number of aromatic nitrogens is 2. The second kappa shape index (κ2) is 5.14. The minimum absolute atomic E-state index is 0.191. The van der Waals surface area contributed by atoms with Crippen LogP contribution in [0.4, 0.5) is 0 Å². The Kier molecular flexibility index (Phi) is 3.44. The van der Waals surface area contributed by atoms with Gasteiger partial charge in [0.05, 0.1) is 12.2 Å². The van der Waals surface area contributed by atoms with Crippen LogP contribution in [0.1, 0.15) is 29.0 Å². The summed E-state index contributed by atoms with van der Waals surface area (Å²) < 4.78 is 5.36. The van der Waals surface area contributed by atoms with Gasteiger partial charge in [-0.25, -0.2) is 4.98 Å². The van der Waals surface area contributed by atoms with Gasteiger partial charge in [-0.3, -0.25) is 9.59 Å². The molecule has 1 spiro atoms. The van der Waals surface area contributed by atoms with E-state index in [4.69, 9.17) is 4.74 Å². The van der Waals surface area contributed by atoms with Crippen molar-refractivity contribution in [2.24, 2.45) is 11.3 Å². The third kappa shape index (κ3) is 2.31. The fraction of sp³-hybridized carbons (Fsp3) is 0.643. The van der Waals surface area contributed by atoms with Gasteiger partial charge in [-0.1, -0.05) is 0 Å². The molecule has 2 N–H and O–H groups in total. The number of aromatic amines is 1. The van der Waals surface area contributed by atoms with Crippen LogP contribution in [0.2, 0.25) is 0 Å². The van der Waals surface area contributed by atoms with Gasteiger partial charge in [0, 0.05) is 37.4 Å². The van der Waals surface area contributed by atoms with Gasteiger partial charge in [-0.15, -0.1) is 0 Å². The number of aryl methyl sites for hydroxylation is 1. The number of rotatable bonds is 2. The molecule has 2 aliphatic heterocycles. The summed E-state index contributed by atoms with van der Waals surface area (Å²) in [7, 11) is 0. The number of H-pyrrole nitrogens is 1. The summed E-state index contributed by atoms with van der Waals surface area (Å²) in [6, 6.07) is 0. The van der Waals surface area contributed by atoms with Crippen molar-refractivity contribution < 1.29 is 19.4 Å². The highest BCUT2D eigenvalue weighted by atomic mass is 16.5. The number of aliphatic carboxylic acids is 1. The van der Waals surface area contributed by atoms with Gasteiger partial charge >= 0.3 is 5.97 Å². The van der Waals surface area contributed by atoms with E-state index in [0.717, 1.165) is 0 Å². The van der Waals surface area contributed by atoms with Crippen LogP contribution < -0.4 is 0 Å². The van der Waals surface area contributed by atoms with Crippen molar-refractivity contribution in [1.29, 1.82) is 0 Å². The number of hydrogen-bond acceptors (Lipinski definition) is 4. The number of ether oxygens (including phenoxy) is 1. The summed E-state index contributed by atoms with van der Waals surface area (Å²) in [5.41, 5.74) is 0.729. The van der Waals surface area contributed by atoms with Crippen LogP contribution in [-0.4, -0.2) is 58.2 Å². The molecule has 1 aromatic heterocycles. The topological polar surface area (TPSA) is 95.5 Å². The highest BCUT2D eigenvalue weighted by Gasteiger charge is 2.52. The lowest BCUT2D eigenvalue weighted by Crippen LogP contribution is -2.40. The second-order valence-corrected chi connectivity index (χ2v) is 5.93. The number of imidazole rings is 1. The fourth-order valence-corrected chi connectivity index (χ4v) is 3.47. The first kappa shape index (κ1) is 14.1. The lowest BCUT2D eigenvalue weighted by Gasteiger charge is -2.36. The first-order valence-corrected chi connectivity index (χ1v) is 7.13. The Morgan fingerprint density at radius 3 is 2.76 bits per heavy atom. The Morgan fingerprint density at radius 1 is 1.48 bits per heavy atom. The van der Waals surface area contributed by atoms with E-state index in [1.165, 1.54) is 6.33 Å². The number of carboxylic acid groups (broad SMARTS) is 1. The molecule has 2 aliphatic rings. The van der Waals surface area contributed by atoms with Crippen molar-refractivity contribution in [2.75, 3.05) is 26.3 Å². The molecule has 0 saturated carbocycles. The quantitative estimate of drug-likeness (QED) is 0.835. The van der Waals surface area contributed by atoms with Gasteiger partial charge in [0.25, 0.3) is 5.91 Å². The second-order valence-electron chi connectivity index (χ2n) is 5.93.